The van der Waals surface area contributed by atoms with Gasteiger partial charge in [0.1, 0.15) is 5.75 Å². The Kier molecular flexibility index (Phi) is 6.53. The van der Waals surface area contributed by atoms with Gasteiger partial charge in [0, 0.05) is 24.2 Å². The predicted octanol–water partition coefficient (Wildman–Crippen LogP) is 3.82. The van der Waals surface area contributed by atoms with E-state index in [-0.39, 0.29) is 12.3 Å². The molecular weight excluding hydrogens is 317 g/mol. The number of methoxy groups -OCH3 is 1. The van der Waals surface area contributed by atoms with Gasteiger partial charge in [0.15, 0.2) is 6.79 Å². The summed E-state index contributed by atoms with van der Waals surface area (Å²) < 4.78 is 10.8. The summed E-state index contributed by atoms with van der Waals surface area (Å²) >= 11 is 0. The Morgan fingerprint density at radius 2 is 1.83 bits per heavy atom. The quantitative estimate of drug-likeness (QED) is 0.453. The number of aliphatic imine (C=N–C) groups is 1. The van der Waals surface area contributed by atoms with E-state index in [0.29, 0.717) is 8.58 Å². The van der Waals surface area contributed by atoms with E-state index in [0.717, 1.165) is 11.3 Å². The van der Waals surface area contributed by atoms with E-state index in [2.05, 4.69) is 69.1 Å². The third-order valence-corrected chi connectivity index (χ3v) is 4.67. The van der Waals surface area contributed by atoms with Crippen LogP contribution in [0.15, 0.2) is 47.5 Å². The first kappa shape index (κ1) is 18.6. The summed E-state index contributed by atoms with van der Waals surface area (Å²) in [6.07, 6.45) is 1.98. The third kappa shape index (κ3) is 5.74. The highest BCUT2D eigenvalue weighted by atomic mass is 31.1. The van der Waals surface area contributed by atoms with Crippen molar-refractivity contribution in [2.24, 2.45) is 4.99 Å². The molecule has 128 valence electrons. The molecule has 0 fully saturated rings. The van der Waals surface area contributed by atoms with E-state index in [4.69, 9.17) is 9.47 Å². The Hall–Kier alpha value is -1.70. The summed E-state index contributed by atoms with van der Waals surface area (Å²) in [5.41, 5.74) is 2.31. The Labute approximate surface area is 146 Å². The van der Waals surface area contributed by atoms with Crippen molar-refractivity contribution >= 4 is 25.4 Å². The van der Waals surface area contributed by atoms with Crippen molar-refractivity contribution in [1.29, 1.82) is 0 Å². The summed E-state index contributed by atoms with van der Waals surface area (Å²) in [4.78, 5) is 4.65. The van der Waals surface area contributed by atoms with E-state index in [1.54, 1.807) is 7.11 Å². The fraction of sp³-hybridized carbons (Fsp3) is 0.350. The largest absolute Gasteiger partial charge is 0.467 e. The minimum atomic E-state index is -0.0771. The second-order valence-electron chi connectivity index (χ2n) is 6.69. The summed E-state index contributed by atoms with van der Waals surface area (Å²) in [6, 6.07) is 14.7. The van der Waals surface area contributed by atoms with Crippen LogP contribution in [0, 0.1) is 6.92 Å². The molecule has 0 amide bonds. The molecule has 2 aromatic rings. The molecule has 2 aromatic carbocycles. The fourth-order valence-electron chi connectivity index (χ4n) is 2.12. The van der Waals surface area contributed by atoms with Gasteiger partial charge in [-0.2, -0.15) is 0 Å². The molecule has 3 nitrogen and oxygen atoms in total. The van der Waals surface area contributed by atoms with Crippen molar-refractivity contribution in [2.45, 2.75) is 33.2 Å². The van der Waals surface area contributed by atoms with Crippen molar-refractivity contribution in [3.8, 4) is 5.75 Å². The van der Waals surface area contributed by atoms with Crippen LogP contribution in [0.3, 0.4) is 0 Å². The highest BCUT2D eigenvalue weighted by Gasteiger charge is 2.10. The Bertz CT molecular complexity index is 705. The van der Waals surface area contributed by atoms with E-state index in [1.807, 2.05) is 12.3 Å². The molecule has 4 heteroatoms. The second kappa shape index (κ2) is 8.41. The van der Waals surface area contributed by atoms with Crippen LogP contribution < -0.4 is 15.3 Å². The van der Waals surface area contributed by atoms with Gasteiger partial charge in [-0.05, 0) is 45.1 Å². The zero-order valence-corrected chi connectivity index (χ0v) is 16.1. The van der Waals surface area contributed by atoms with E-state index < -0.39 is 0 Å². The molecule has 24 heavy (non-hydrogen) atoms. The molecule has 0 aliphatic rings. The van der Waals surface area contributed by atoms with E-state index >= 15 is 0 Å². The number of hydrogen-bond donors (Lipinski definition) is 0. The van der Waals surface area contributed by atoms with Crippen LogP contribution >= 0.6 is 8.58 Å². The van der Waals surface area contributed by atoms with Gasteiger partial charge in [-0.3, -0.25) is 4.99 Å². The first-order chi connectivity index (χ1) is 11.4. The molecule has 0 heterocycles. The van der Waals surface area contributed by atoms with Gasteiger partial charge in [0.25, 0.3) is 0 Å². The fourth-order valence-corrected chi connectivity index (χ4v) is 3.46. The molecule has 0 N–H and O–H groups in total. The molecule has 0 radical (unpaired) electrons. The average molecular weight is 343 g/mol. The maximum absolute atomic E-state index is 5.72. The molecular formula is C20H26NO2P. The van der Waals surface area contributed by atoms with E-state index in [9.17, 15) is 0 Å². The monoisotopic (exact) mass is 343 g/mol. The van der Waals surface area contributed by atoms with Gasteiger partial charge in [-0.15, -0.1) is 0 Å². The lowest BCUT2D eigenvalue weighted by Gasteiger charge is -2.14. The lowest BCUT2D eigenvalue weighted by molar-refractivity contribution is 0.0519. The van der Waals surface area contributed by atoms with Gasteiger partial charge in [-0.1, -0.05) is 44.5 Å². The molecule has 1 unspecified atom stereocenters. The predicted molar refractivity (Wildman–Crippen MR) is 105 cm³/mol. The maximum Gasteiger partial charge on any atom is 0.188 e. The van der Waals surface area contributed by atoms with Crippen molar-refractivity contribution in [1.82, 2.24) is 0 Å². The molecule has 0 aliphatic carbocycles. The number of hydrogen-bond acceptors (Lipinski definition) is 3. The number of ether oxygens (including phenoxy) is 2. The highest BCUT2D eigenvalue weighted by Crippen LogP contribution is 2.22. The zero-order valence-electron chi connectivity index (χ0n) is 15.1. The smallest absolute Gasteiger partial charge is 0.188 e. The lowest BCUT2D eigenvalue weighted by atomic mass is 10.1. The molecule has 2 rings (SSSR count). The first-order valence-corrected chi connectivity index (χ1v) is 9.03. The van der Waals surface area contributed by atoms with Crippen molar-refractivity contribution in [3.63, 3.8) is 0 Å². The average Bonchev–Trinajstić information content (AvgIpc) is 2.52. The summed E-state index contributed by atoms with van der Waals surface area (Å²) in [5.74, 6) is 0.878. The Balaban J connectivity index is 2.31. The summed E-state index contributed by atoms with van der Waals surface area (Å²) in [6.45, 7) is 8.66. The zero-order chi connectivity index (χ0) is 17.6. The molecule has 0 aliphatic heterocycles. The number of nitrogens with zero attached hydrogens (tertiary/aromatic N) is 1. The van der Waals surface area contributed by atoms with Gasteiger partial charge in [0.05, 0.1) is 5.54 Å². The molecule has 0 aromatic heterocycles. The van der Waals surface area contributed by atoms with Crippen LogP contribution in [-0.2, 0) is 4.74 Å². The molecule has 0 saturated heterocycles. The first-order valence-electron chi connectivity index (χ1n) is 8.03. The topological polar surface area (TPSA) is 30.8 Å². The summed E-state index contributed by atoms with van der Waals surface area (Å²) in [5, 5.41) is 2.45. The van der Waals surface area contributed by atoms with Gasteiger partial charge in [-0.25, -0.2) is 0 Å². The Morgan fingerprint density at radius 3 is 2.54 bits per heavy atom. The van der Waals surface area contributed by atoms with Crippen molar-refractivity contribution in [3.05, 3.63) is 53.6 Å². The molecule has 0 saturated carbocycles. The van der Waals surface area contributed by atoms with Gasteiger partial charge >= 0.3 is 0 Å². The third-order valence-electron chi connectivity index (χ3n) is 3.29. The minimum Gasteiger partial charge on any atom is -0.467 e. The van der Waals surface area contributed by atoms with Gasteiger partial charge < -0.3 is 9.47 Å². The van der Waals surface area contributed by atoms with Crippen LogP contribution in [0.25, 0.3) is 0 Å². The standard InChI is InChI=1S/C20H26NO2P/c1-15-10-11-17(23-14-22-5)19(12-15)24-18-9-7-6-8-16(18)13-21-20(2,3)4/h6-13,24H,14H2,1-5H3. The van der Waals surface area contributed by atoms with Gasteiger partial charge in [0.2, 0.25) is 0 Å². The minimum absolute atomic E-state index is 0.0771. The van der Waals surface area contributed by atoms with E-state index in [1.165, 1.54) is 16.2 Å². The normalized spacial score (nSPS) is 12.4. The van der Waals surface area contributed by atoms with Crippen molar-refractivity contribution < 1.29 is 9.47 Å². The number of rotatable bonds is 6. The van der Waals surface area contributed by atoms with Crippen LogP contribution in [0.5, 0.6) is 5.75 Å². The van der Waals surface area contributed by atoms with Crippen LogP contribution in [0.1, 0.15) is 31.9 Å². The second-order valence-corrected chi connectivity index (χ2v) is 8.02. The molecule has 1 atom stereocenters. The van der Waals surface area contributed by atoms with Crippen molar-refractivity contribution in [2.75, 3.05) is 13.9 Å². The SMILES string of the molecule is COCOc1ccc(C)cc1Pc1ccccc1C=NC(C)(C)C. The summed E-state index contributed by atoms with van der Waals surface area (Å²) in [7, 11) is 2.14. The lowest BCUT2D eigenvalue weighted by Crippen LogP contribution is -2.15. The van der Waals surface area contributed by atoms with Crippen LogP contribution in [0.4, 0.5) is 0 Å². The maximum atomic E-state index is 5.72. The number of benzene rings is 2. The molecule has 0 bridgehead atoms. The number of aryl methyl sites for hydroxylation is 1. The highest BCUT2D eigenvalue weighted by molar-refractivity contribution is 7.56. The Morgan fingerprint density at radius 1 is 1.08 bits per heavy atom. The molecule has 0 spiro atoms. The van der Waals surface area contributed by atoms with Crippen LogP contribution in [0.2, 0.25) is 0 Å². The van der Waals surface area contributed by atoms with Crippen LogP contribution in [-0.4, -0.2) is 25.7 Å².